The van der Waals surface area contributed by atoms with Crippen molar-refractivity contribution >= 4 is 15.9 Å². The fourth-order valence-corrected chi connectivity index (χ4v) is 3.72. The molecule has 1 fully saturated rings. The van der Waals surface area contributed by atoms with Crippen LogP contribution < -0.4 is 0 Å². The van der Waals surface area contributed by atoms with Gasteiger partial charge < -0.3 is 4.90 Å². The van der Waals surface area contributed by atoms with E-state index in [1.165, 1.54) is 16.4 Å². The van der Waals surface area contributed by atoms with Crippen LogP contribution in [0, 0.1) is 5.82 Å². The lowest BCUT2D eigenvalue weighted by Gasteiger charge is -2.28. The highest BCUT2D eigenvalue weighted by atomic mass is 32.2. The van der Waals surface area contributed by atoms with E-state index in [1.807, 2.05) is 4.90 Å². The van der Waals surface area contributed by atoms with Gasteiger partial charge in [0.2, 0.25) is 15.9 Å². The van der Waals surface area contributed by atoms with E-state index < -0.39 is 10.0 Å². The van der Waals surface area contributed by atoms with Crippen molar-refractivity contribution in [2.24, 2.45) is 0 Å². The SMILES string of the molecule is CS(=O)(=O)N(CCC(=O)N1CCCCC1)CCc1ccc(F)cc1. The van der Waals surface area contributed by atoms with E-state index in [4.69, 9.17) is 0 Å². The van der Waals surface area contributed by atoms with Crippen molar-refractivity contribution in [2.45, 2.75) is 32.1 Å². The molecular weight excluding hydrogens is 331 g/mol. The van der Waals surface area contributed by atoms with Crippen LogP contribution in [-0.2, 0) is 21.2 Å². The molecule has 0 spiro atoms. The van der Waals surface area contributed by atoms with Crippen LogP contribution in [0.15, 0.2) is 24.3 Å². The molecular formula is C17H25FN2O3S. The summed E-state index contributed by atoms with van der Waals surface area (Å²) in [7, 11) is -3.38. The van der Waals surface area contributed by atoms with E-state index in [0.29, 0.717) is 6.42 Å². The fraction of sp³-hybridized carbons (Fsp3) is 0.588. The monoisotopic (exact) mass is 356 g/mol. The molecule has 0 unspecified atom stereocenters. The number of rotatable bonds is 7. The van der Waals surface area contributed by atoms with Gasteiger partial charge in [-0.05, 0) is 43.4 Å². The second-order valence-corrected chi connectivity index (χ2v) is 8.21. The van der Waals surface area contributed by atoms with Crippen molar-refractivity contribution < 1.29 is 17.6 Å². The van der Waals surface area contributed by atoms with Gasteiger partial charge in [0.05, 0.1) is 6.26 Å². The maximum atomic E-state index is 12.9. The molecule has 1 aromatic carbocycles. The van der Waals surface area contributed by atoms with Crippen molar-refractivity contribution in [3.05, 3.63) is 35.6 Å². The van der Waals surface area contributed by atoms with Crippen LogP contribution in [0.1, 0.15) is 31.2 Å². The number of carbonyl (C=O) groups excluding carboxylic acids is 1. The summed E-state index contributed by atoms with van der Waals surface area (Å²) in [6, 6.07) is 6.02. The summed E-state index contributed by atoms with van der Waals surface area (Å²) in [5.41, 5.74) is 0.868. The second-order valence-electron chi connectivity index (χ2n) is 6.23. The third-order valence-corrected chi connectivity index (χ3v) is 5.62. The molecule has 1 heterocycles. The molecule has 0 N–H and O–H groups in total. The van der Waals surface area contributed by atoms with Crippen LogP contribution in [0.2, 0.25) is 0 Å². The molecule has 0 saturated carbocycles. The van der Waals surface area contributed by atoms with Gasteiger partial charge in [-0.1, -0.05) is 12.1 Å². The zero-order valence-electron chi connectivity index (χ0n) is 14.1. The normalized spacial score (nSPS) is 15.7. The molecule has 0 aliphatic carbocycles. The third-order valence-electron chi connectivity index (χ3n) is 4.32. The van der Waals surface area contributed by atoms with E-state index >= 15 is 0 Å². The summed E-state index contributed by atoms with van der Waals surface area (Å²) < 4.78 is 38.1. The third kappa shape index (κ3) is 5.87. The first-order valence-electron chi connectivity index (χ1n) is 8.33. The molecule has 24 heavy (non-hydrogen) atoms. The molecule has 0 bridgehead atoms. The van der Waals surface area contributed by atoms with Gasteiger partial charge in [0, 0.05) is 32.6 Å². The average Bonchev–Trinajstić information content (AvgIpc) is 2.55. The minimum Gasteiger partial charge on any atom is -0.343 e. The van der Waals surface area contributed by atoms with E-state index in [-0.39, 0.29) is 31.2 Å². The Morgan fingerprint density at radius 2 is 1.75 bits per heavy atom. The van der Waals surface area contributed by atoms with Crippen LogP contribution in [-0.4, -0.2) is 56.0 Å². The van der Waals surface area contributed by atoms with Crippen molar-refractivity contribution in [2.75, 3.05) is 32.4 Å². The number of halogens is 1. The second kappa shape index (κ2) is 8.58. The average molecular weight is 356 g/mol. The van der Waals surface area contributed by atoms with Crippen LogP contribution in [0.5, 0.6) is 0 Å². The molecule has 0 atom stereocenters. The highest BCUT2D eigenvalue weighted by Crippen LogP contribution is 2.12. The number of sulfonamides is 1. The number of amides is 1. The zero-order chi connectivity index (χ0) is 17.6. The lowest BCUT2D eigenvalue weighted by atomic mass is 10.1. The first-order chi connectivity index (χ1) is 11.4. The van der Waals surface area contributed by atoms with Gasteiger partial charge in [-0.2, -0.15) is 0 Å². The van der Waals surface area contributed by atoms with E-state index in [2.05, 4.69) is 0 Å². The molecule has 0 aromatic heterocycles. The first kappa shape index (κ1) is 18.9. The summed E-state index contributed by atoms with van der Waals surface area (Å²) in [6.45, 7) is 2.02. The quantitative estimate of drug-likeness (QED) is 0.751. The van der Waals surface area contributed by atoms with Gasteiger partial charge in [0.15, 0.2) is 0 Å². The summed E-state index contributed by atoms with van der Waals surface area (Å²) in [4.78, 5) is 14.0. The number of hydrogen-bond donors (Lipinski definition) is 0. The Balaban J connectivity index is 1.88. The Morgan fingerprint density at radius 3 is 2.33 bits per heavy atom. The van der Waals surface area contributed by atoms with Crippen molar-refractivity contribution in [1.29, 1.82) is 0 Å². The van der Waals surface area contributed by atoms with Gasteiger partial charge in [0.25, 0.3) is 0 Å². The van der Waals surface area contributed by atoms with Crippen molar-refractivity contribution in [1.82, 2.24) is 9.21 Å². The number of hydrogen-bond acceptors (Lipinski definition) is 3. The number of nitrogens with zero attached hydrogens (tertiary/aromatic N) is 2. The minimum atomic E-state index is -3.38. The van der Waals surface area contributed by atoms with Gasteiger partial charge in [-0.3, -0.25) is 4.79 Å². The lowest BCUT2D eigenvalue weighted by Crippen LogP contribution is -2.39. The lowest BCUT2D eigenvalue weighted by molar-refractivity contribution is -0.132. The van der Waals surface area contributed by atoms with Crippen LogP contribution >= 0.6 is 0 Å². The Morgan fingerprint density at radius 1 is 1.12 bits per heavy atom. The van der Waals surface area contributed by atoms with Crippen molar-refractivity contribution in [3.63, 3.8) is 0 Å². The molecule has 2 rings (SSSR count). The largest absolute Gasteiger partial charge is 0.343 e. The standard InChI is InChI=1S/C17H25FN2O3S/c1-24(22,23)20(13-9-15-5-7-16(18)8-6-15)14-10-17(21)19-11-3-2-4-12-19/h5-8H,2-4,9-14H2,1H3. The predicted molar refractivity (Wildman–Crippen MR) is 91.6 cm³/mol. The Labute approximate surface area is 143 Å². The van der Waals surface area contributed by atoms with Crippen LogP contribution in [0.3, 0.4) is 0 Å². The summed E-state index contributed by atoms with van der Waals surface area (Å²) >= 11 is 0. The number of benzene rings is 1. The zero-order valence-corrected chi connectivity index (χ0v) is 14.9. The topological polar surface area (TPSA) is 57.7 Å². The Bertz CT molecular complexity index is 640. The smallest absolute Gasteiger partial charge is 0.223 e. The van der Waals surface area contributed by atoms with Crippen LogP contribution in [0.25, 0.3) is 0 Å². The molecule has 5 nitrogen and oxygen atoms in total. The summed E-state index contributed by atoms with van der Waals surface area (Å²) in [5.74, 6) is -0.295. The highest BCUT2D eigenvalue weighted by Gasteiger charge is 2.21. The van der Waals surface area contributed by atoms with E-state index in [0.717, 1.165) is 44.2 Å². The molecule has 1 amide bonds. The fourth-order valence-electron chi connectivity index (χ4n) is 2.87. The van der Waals surface area contributed by atoms with Gasteiger partial charge in [-0.25, -0.2) is 17.1 Å². The molecule has 134 valence electrons. The molecule has 7 heteroatoms. The van der Waals surface area contributed by atoms with Gasteiger partial charge in [0.1, 0.15) is 5.82 Å². The Kier molecular flexibility index (Phi) is 6.74. The molecule has 1 aliphatic heterocycles. The van der Waals surface area contributed by atoms with Gasteiger partial charge in [-0.15, -0.1) is 0 Å². The highest BCUT2D eigenvalue weighted by molar-refractivity contribution is 7.88. The predicted octanol–water partition coefficient (Wildman–Crippen LogP) is 2.03. The number of piperidine rings is 1. The summed E-state index contributed by atoms with van der Waals surface area (Å²) in [5, 5.41) is 0. The van der Waals surface area contributed by atoms with Crippen molar-refractivity contribution in [3.8, 4) is 0 Å². The summed E-state index contributed by atoms with van der Waals surface area (Å²) in [6.07, 6.45) is 5.04. The van der Waals surface area contributed by atoms with Gasteiger partial charge >= 0.3 is 0 Å². The molecule has 0 radical (unpaired) electrons. The van der Waals surface area contributed by atoms with E-state index in [9.17, 15) is 17.6 Å². The van der Waals surface area contributed by atoms with E-state index in [1.54, 1.807) is 12.1 Å². The minimum absolute atomic E-state index is 0.0186. The molecule has 1 aliphatic rings. The number of likely N-dealkylation sites (tertiary alicyclic amines) is 1. The Hall–Kier alpha value is -1.47. The van der Waals surface area contributed by atoms with Crippen LogP contribution in [0.4, 0.5) is 4.39 Å². The number of carbonyl (C=O) groups is 1. The molecule has 1 aromatic rings. The molecule has 1 saturated heterocycles. The first-order valence-corrected chi connectivity index (χ1v) is 10.2. The maximum Gasteiger partial charge on any atom is 0.223 e. The maximum absolute atomic E-state index is 12.9.